The van der Waals surface area contributed by atoms with Crippen LogP contribution in [0.1, 0.15) is 23.2 Å². The minimum Gasteiger partial charge on any atom is -0.390 e. The van der Waals surface area contributed by atoms with Crippen LogP contribution < -0.4 is 0 Å². The standard InChI is InChI=1S/C22H33ClN4O3/c1-24-10-12-26(13-11-24)16-20(28)15-25(2)21(29)18-4-3-9-27(14-18)22(30)17-5-7-19(23)8-6-17/h5-8,18,20,28H,3-4,9-16H2,1-2H3/t18-,20-/m0/s1. The molecule has 2 atom stereocenters. The van der Waals surface area contributed by atoms with Gasteiger partial charge in [0.2, 0.25) is 5.91 Å². The maximum atomic E-state index is 13.0. The molecule has 1 aromatic rings. The van der Waals surface area contributed by atoms with Crippen molar-refractivity contribution in [2.45, 2.75) is 18.9 Å². The van der Waals surface area contributed by atoms with Gasteiger partial charge in [0.05, 0.1) is 12.0 Å². The van der Waals surface area contributed by atoms with Gasteiger partial charge in [0, 0.05) is 70.0 Å². The zero-order valence-electron chi connectivity index (χ0n) is 18.0. The molecule has 0 spiro atoms. The largest absolute Gasteiger partial charge is 0.390 e. The fourth-order valence-corrected chi connectivity index (χ4v) is 4.37. The monoisotopic (exact) mass is 436 g/mol. The van der Waals surface area contributed by atoms with Gasteiger partial charge in [-0.15, -0.1) is 0 Å². The number of hydrogen-bond donors (Lipinski definition) is 1. The van der Waals surface area contributed by atoms with E-state index in [9.17, 15) is 14.7 Å². The first-order valence-electron chi connectivity index (χ1n) is 10.7. The molecular formula is C22H33ClN4O3. The highest BCUT2D eigenvalue weighted by Gasteiger charge is 2.31. The average Bonchev–Trinajstić information content (AvgIpc) is 2.75. The molecule has 30 heavy (non-hydrogen) atoms. The summed E-state index contributed by atoms with van der Waals surface area (Å²) in [4.78, 5) is 33.6. The van der Waals surface area contributed by atoms with Crippen LogP contribution in [0.15, 0.2) is 24.3 Å². The predicted molar refractivity (Wildman–Crippen MR) is 118 cm³/mol. The lowest BCUT2D eigenvalue weighted by Crippen LogP contribution is -2.50. The van der Waals surface area contributed by atoms with Crippen molar-refractivity contribution in [3.8, 4) is 0 Å². The summed E-state index contributed by atoms with van der Waals surface area (Å²) in [6.07, 6.45) is 0.994. The minimum absolute atomic E-state index is 0.000957. The normalized spacial score (nSPS) is 22.0. The number of piperazine rings is 1. The van der Waals surface area contributed by atoms with E-state index in [4.69, 9.17) is 11.6 Å². The van der Waals surface area contributed by atoms with E-state index in [0.717, 1.165) is 39.0 Å². The zero-order valence-corrected chi connectivity index (χ0v) is 18.7. The van der Waals surface area contributed by atoms with Crippen molar-refractivity contribution < 1.29 is 14.7 Å². The number of carbonyl (C=O) groups excluding carboxylic acids is 2. The quantitative estimate of drug-likeness (QED) is 0.727. The van der Waals surface area contributed by atoms with Crippen LogP contribution in [0.4, 0.5) is 0 Å². The molecule has 1 aromatic carbocycles. The molecule has 2 heterocycles. The predicted octanol–water partition coefficient (Wildman–Crippen LogP) is 1.26. The topological polar surface area (TPSA) is 67.3 Å². The Labute approximate surface area is 184 Å². The molecule has 2 aliphatic rings. The molecule has 3 rings (SSSR count). The molecule has 7 nitrogen and oxygen atoms in total. The van der Waals surface area contributed by atoms with Crippen LogP contribution in [0, 0.1) is 5.92 Å². The number of aliphatic hydroxyl groups excluding tert-OH is 1. The van der Waals surface area contributed by atoms with Gasteiger partial charge in [0.25, 0.3) is 5.91 Å². The summed E-state index contributed by atoms with van der Waals surface area (Å²) in [5.41, 5.74) is 0.587. The molecule has 2 aliphatic heterocycles. The number of carbonyl (C=O) groups is 2. The summed E-state index contributed by atoms with van der Waals surface area (Å²) in [5, 5.41) is 11.1. The minimum atomic E-state index is -0.572. The van der Waals surface area contributed by atoms with Crippen LogP contribution in [0.5, 0.6) is 0 Å². The first-order chi connectivity index (χ1) is 14.3. The van der Waals surface area contributed by atoms with Crippen LogP contribution in [0.3, 0.4) is 0 Å². The van der Waals surface area contributed by atoms with E-state index < -0.39 is 6.10 Å². The maximum absolute atomic E-state index is 13.0. The van der Waals surface area contributed by atoms with E-state index >= 15 is 0 Å². The second-order valence-corrected chi connectivity index (χ2v) is 9.01. The number of nitrogens with zero attached hydrogens (tertiary/aromatic N) is 4. The lowest BCUT2D eigenvalue weighted by Gasteiger charge is -2.36. The summed E-state index contributed by atoms with van der Waals surface area (Å²) in [6, 6.07) is 6.85. The lowest BCUT2D eigenvalue weighted by atomic mass is 9.96. The fraction of sp³-hybridized carbons (Fsp3) is 0.636. The molecule has 0 unspecified atom stereocenters. The SMILES string of the molecule is CN1CCN(C[C@@H](O)CN(C)C(=O)[C@H]2CCCN(C(=O)c3ccc(Cl)cc3)C2)CC1. The highest BCUT2D eigenvalue weighted by molar-refractivity contribution is 6.30. The first kappa shape index (κ1) is 23.0. The van der Waals surface area contributed by atoms with Crippen LogP contribution in [0.25, 0.3) is 0 Å². The molecule has 2 fully saturated rings. The van der Waals surface area contributed by atoms with Gasteiger partial charge >= 0.3 is 0 Å². The van der Waals surface area contributed by atoms with Gasteiger partial charge < -0.3 is 19.8 Å². The number of likely N-dealkylation sites (N-methyl/N-ethyl adjacent to an activating group) is 2. The van der Waals surface area contributed by atoms with Crippen molar-refractivity contribution >= 4 is 23.4 Å². The van der Waals surface area contributed by atoms with Crippen molar-refractivity contribution in [1.29, 1.82) is 0 Å². The smallest absolute Gasteiger partial charge is 0.253 e. The van der Waals surface area contributed by atoms with E-state index in [1.54, 1.807) is 41.1 Å². The van der Waals surface area contributed by atoms with Gasteiger partial charge in [-0.3, -0.25) is 14.5 Å². The fourth-order valence-electron chi connectivity index (χ4n) is 4.24. The third-order valence-electron chi connectivity index (χ3n) is 6.07. The summed E-state index contributed by atoms with van der Waals surface area (Å²) >= 11 is 5.91. The third kappa shape index (κ3) is 6.17. The van der Waals surface area contributed by atoms with E-state index in [0.29, 0.717) is 36.8 Å². The zero-order chi connectivity index (χ0) is 21.7. The van der Waals surface area contributed by atoms with Crippen molar-refractivity contribution in [2.75, 3.05) is 66.5 Å². The van der Waals surface area contributed by atoms with Crippen molar-refractivity contribution in [1.82, 2.24) is 19.6 Å². The van der Waals surface area contributed by atoms with Crippen molar-refractivity contribution in [2.24, 2.45) is 5.92 Å². The van der Waals surface area contributed by atoms with E-state index in [1.165, 1.54) is 0 Å². The van der Waals surface area contributed by atoms with Crippen LogP contribution in [-0.4, -0.2) is 109 Å². The Balaban J connectivity index is 1.50. The molecule has 8 heteroatoms. The third-order valence-corrected chi connectivity index (χ3v) is 6.33. The highest BCUT2D eigenvalue weighted by atomic mass is 35.5. The molecule has 0 saturated carbocycles. The number of benzene rings is 1. The number of piperidine rings is 1. The Morgan fingerprint density at radius 2 is 1.83 bits per heavy atom. The molecule has 0 aliphatic carbocycles. The van der Waals surface area contributed by atoms with Crippen molar-refractivity contribution in [3.05, 3.63) is 34.9 Å². The summed E-state index contributed by atoms with van der Waals surface area (Å²) < 4.78 is 0. The van der Waals surface area contributed by atoms with Gasteiger partial charge in [-0.1, -0.05) is 11.6 Å². The molecule has 2 saturated heterocycles. The molecule has 0 aromatic heterocycles. The molecule has 2 amide bonds. The Hall–Kier alpha value is -1.67. The molecule has 0 bridgehead atoms. The number of likely N-dealkylation sites (tertiary alicyclic amines) is 1. The van der Waals surface area contributed by atoms with Gasteiger partial charge in [-0.2, -0.15) is 0 Å². The average molecular weight is 437 g/mol. The second kappa shape index (κ2) is 10.6. The lowest BCUT2D eigenvalue weighted by molar-refractivity contribution is -0.137. The molecule has 166 valence electrons. The Morgan fingerprint density at radius 1 is 1.17 bits per heavy atom. The summed E-state index contributed by atoms with van der Waals surface area (Å²) in [5.74, 6) is -0.293. The Kier molecular flexibility index (Phi) is 8.11. The number of β-amino-alcohol motifs (C(OH)–C–C–N with tert-alkyl or cyclic N) is 1. The number of hydrogen-bond acceptors (Lipinski definition) is 5. The second-order valence-electron chi connectivity index (χ2n) is 8.57. The number of halogens is 1. The molecular weight excluding hydrogens is 404 g/mol. The van der Waals surface area contributed by atoms with Gasteiger partial charge in [0.1, 0.15) is 0 Å². The summed E-state index contributed by atoms with van der Waals surface area (Å²) in [6.45, 7) is 5.84. The van der Waals surface area contributed by atoms with Crippen LogP contribution >= 0.6 is 11.6 Å². The Bertz CT molecular complexity index is 722. The first-order valence-corrected chi connectivity index (χ1v) is 11.1. The van der Waals surface area contributed by atoms with Crippen LogP contribution in [-0.2, 0) is 4.79 Å². The number of aliphatic hydroxyl groups is 1. The molecule has 0 radical (unpaired) electrons. The van der Waals surface area contributed by atoms with Gasteiger partial charge in [-0.05, 0) is 44.2 Å². The Morgan fingerprint density at radius 3 is 2.50 bits per heavy atom. The maximum Gasteiger partial charge on any atom is 0.253 e. The van der Waals surface area contributed by atoms with Crippen LogP contribution in [0.2, 0.25) is 5.02 Å². The van der Waals surface area contributed by atoms with Crippen molar-refractivity contribution in [3.63, 3.8) is 0 Å². The van der Waals surface area contributed by atoms with Gasteiger partial charge in [0.15, 0.2) is 0 Å². The van der Waals surface area contributed by atoms with E-state index in [2.05, 4.69) is 16.8 Å². The number of rotatable bonds is 6. The van der Waals surface area contributed by atoms with E-state index in [-0.39, 0.29) is 17.7 Å². The number of amides is 2. The highest BCUT2D eigenvalue weighted by Crippen LogP contribution is 2.21. The molecule has 1 N–H and O–H groups in total. The van der Waals surface area contributed by atoms with Gasteiger partial charge in [-0.25, -0.2) is 0 Å². The summed E-state index contributed by atoms with van der Waals surface area (Å²) in [7, 11) is 3.85. The van der Waals surface area contributed by atoms with E-state index in [1.807, 2.05) is 0 Å².